The standard InChI is InChI=1S/C15H29N5/c1-6-9-20(11-10-19(4)5)15-12-14(16-8-3)17-13(7-2)18-15/h12H,6-11H2,1-5H3,(H,16,17,18). The summed E-state index contributed by atoms with van der Waals surface area (Å²) in [6, 6.07) is 2.06. The zero-order chi connectivity index (χ0) is 15.0. The second-order valence-corrected chi connectivity index (χ2v) is 5.20. The molecular formula is C15H29N5. The van der Waals surface area contributed by atoms with Crippen molar-refractivity contribution in [2.75, 3.05) is 50.5 Å². The van der Waals surface area contributed by atoms with Gasteiger partial charge >= 0.3 is 0 Å². The van der Waals surface area contributed by atoms with Crippen LogP contribution in [0.25, 0.3) is 0 Å². The van der Waals surface area contributed by atoms with Crippen LogP contribution in [0.1, 0.15) is 33.0 Å². The van der Waals surface area contributed by atoms with Crippen LogP contribution >= 0.6 is 0 Å². The van der Waals surface area contributed by atoms with E-state index in [4.69, 9.17) is 0 Å². The lowest BCUT2D eigenvalue weighted by Gasteiger charge is -2.25. The molecule has 1 heterocycles. The minimum Gasteiger partial charge on any atom is -0.370 e. The predicted molar refractivity (Wildman–Crippen MR) is 86.6 cm³/mol. The number of aromatic nitrogens is 2. The molecule has 1 aromatic rings. The van der Waals surface area contributed by atoms with Gasteiger partial charge in [0, 0.05) is 38.7 Å². The molecule has 1 rings (SSSR count). The summed E-state index contributed by atoms with van der Waals surface area (Å²) < 4.78 is 0. The van der Waals surface area contributed by atoms with E-state index in [-0.39, 0.29) is 0 Å². The van der Waals surface area contributed by atoms with Gasteiger partial charge in [0.1, 0.15) is 17.5 Å². The predicted octanol–water partition coefficient (Wildman–Crippen LogP) is 2.25. The molecule has 0 saturated heterocycles. The van der Waals surface area contributed by atoms with E-state index < -0.39 is 0 Å². The lowest BCUT2D eigenvalue weighted by atomic mass is 10.3. The van der Waals surface area contributed by atoms with E-state index >= 15 is 0 Å². The van der Waals surface area contributed by atoms with Gasteiger partial charge in [-0.2, -0.15) is 0 Å². The Labute approximate surface area is 123 Å². The zero-order valence-electron chi connectivity index (χ0n) is 13.6. The fourth-order valence-electron chi connectivity index (χ4n) is 2.01. The van der Waals surface area contributed by atoms with E-state index in [0.29, 0.717) is 0 Å². The van der Waals surface area contributed by atoms with Crippen molar-refractivity contribution in [3.8, 4) is 0 Å². The Morgan fingerprint density at radius 3 is 2.35 bits per heavy atom. The van der Waals surface area contributed by atoms with E-state index in [0.717, 1.165) is 56.5 Å². The van der Waals surface area contributed by atoms with Crippen molar-refractivity contribution in [2.24, 2.45) is 0 Å². The van der Waals surface area contributed by atoms with Crippen LogP contribution in [0.5, 0.6) is 0 Å². The molecule has 0 aromatic carbocycles. The Morgan fingerprint density at radius 2 is 1.80 bits per heavy atom. The highest BCUT2D eigenvalue weighted by atomic mass is 15.2. The number of hydrogen-bond acceptors (Lipinski definition) is 5. The Hall–Kier alpha value is -1.36. The molecule has 1 N–H and O–H groups in total. The summed E-state index contributed by atoms with van der Waals surface area (Å²) in [5.74, 6) is 2.88. The van der Waals surface area contributed by atoms with Crippen LogP contribution in [-0.4, -0.2) is 55.1 Å². The summed E-state index contributed by atoms with van der Waals surface area (Å²) in [5, 5.41) is 3.30. The van der Waals surface area contributed by atoms with Gasteiger partial charge in [0.05, 0.1) is 0 Å². The molecule has 0 aliphatic heterocycles. The maximum absolute atomic E-state index is 4.69. The third-order valence-corrected chi connectivity index (χ3v) is 3.07. The van der Waals surface area contributed by atoms with E-state index in [1.165, 1.54) is 0 Å². The number of hydrogen-bond donors (Lipinski definition) is 1. The number of nitrogens with one attached hydrogen (secondary N) is 1. The van der Waals surface area contributed by atoms with Crippen molar-refractivity contribution in [2.45, 2.75) is 33.6 Å². The first kappa shape index (κ1) is 16.7. The molecule has 1 aromatic heterocycles. The highest BCUT2D eigenvalue weighted by molar-refractivity contribution is 5.49. The van der Waals surface area contributed by atoms with Gasteiger partial charge in [0.15, 0.2) is 0 Å². The first-order valence-corrected chi connectivity index (χ1v) is 7.62. The molecule has 5 heteroatoms. The highest BCUT2D eigenvalue weighted by Crippen LogP contribution is 2.16. The molecule has 0 fully saturated rings. The Bertz CT molecular complexity index is 392. The average molecular weight is 279 g/mol. The topological polar surface area (TPSA) is 44.3 Å². The number of aryl methyl sites for hydroxylation is 1. The molecular weight excluding hydrogens is 250 g/mol. The van der Waals surface area contributed by atoms with E-state index in [1.807, 2.05) is 0 Å². The van der Waals surface area contributed by atoms with E-state index in [9.17, 15) is 0 Å². The van der Waals surface area contributed by atoms with Gasteiger partial charge in [-0.25, -0.2) is 9.97 Å². The lowest BCUT2D eigenvalue weighted by Crippen LogP contribution is -2.33. The third kappa shape index (κ3) is 5.33. The van der Waals surface area contributed by atoms with Crippen molar-refractivity contribution in [1.82, 2.24) is 14.9 Å². The smallest absolute Gasteiger partial charge is 0.134 e. The maximum Gasteiger partial charge on any atom is 0.134 e. The summed E-state index contributed by atoms with van der Waals surface area (Å²) >= 11 is 0. The van der Waals surface area contributed by atoms with Gasteiger partial charge < -0.3 is 15.1 Å². The molecule has 0 unspecified atom stereocenters. The number of likely N-dealkylation sites (N-methyl/N-ethyl adjacent to an activating group) is 1. The molecule has 0 radical (unpaired) electrons. The second-order valence-electron chi connectivity index (χ2n) is 5.20. The number of nitrogens with zero attached hydrogens (tertiary/aromatic N) is 4. The first-order chi connectivity index (χ1) is 9.60. The molecule has 0 aliphatic rings. The summed E-state index contributed by atoms with van der Waals surface area (Å²) in [6.07, 6.45) is 1.98. The second kappa shape index (κ2) is 8.74. The summed E-state index contributed by atoms with van der Waals surface area (Å²) in [6.45, 7) is 10.3. The van der Waals surface area contributed by atoms with Gasteiger partial charge in [0.25, 0.3) is 0 Å². The van der Waals surface area contributed by atoms with Crippen LogP contribution in [0.4, 0.5) is 11.6 Å². The fourth-order valence-corrected chi connectivity index (χ4v) is 2.01. The third-order valence-electron chi connectivity index (χ3n) is 3.07. The van der Waals surface area contributed by atoms with E-state index in [1.54, 1.807) is 0 Å². The Morgan fingerprint density at radius 1 is 1.05 bits per heavy atom. The van der Waals surface area contributed by atoms with Crippen molar-refractivity contribution in [1.29, 1.82) is 0 Å². The Balaban J connectivity index is 2.94. The molecule has 0 aliphatic carbocycles. The quantitative estimate of drug-likeness (QED) is 0.751. The average Bonchev–Trinajstić information content (AvgIpc) is 2.43. The SMILES string of the molecule is CCCN(CCN(C)C)c1cc(NCC)nc(CC)n1. The van der Waals surface area contributed by atoms with Gasteiger partial charge in [-0.05, 0) is 27.4 Å². The van der Waals surface area contributed by atoms with Gasteiger partial charge in [-0.1, -0.05) is 13.8 Å². The molecule has 0 amide bonds. The van der Waals surface area contributed by atoms with Crippen LogP contribution in [0, 0.1) is 0 Å². The number of rotatable bonds is 9. The minimum absolute atomic E-state index is 0.861. The number of anilines is 2. The van der Waals surface area contributed by atoms with Crippen molar-refractivity contribution in [3.63, 3.8) is 0 Å². The summed E-state index contributed by atoms with van der Waals surface area (Å²) in [4.78, 5) is 13.8. The van der Waals surface area contributed by atoms with Crippen LogP contribution < -0.4 is 10.2 Å². The molecule has 0 saturated carbocycles. The molecule has 20 heavy (non-hydrogen) atoms. The fraction of sp³-hybridized carbons (Fsp3) is 0.733. The van der Waals surface area contributed by atoms with Crippen LogP contribution in [0.2, 0.25) is 0 Å². The van der Waals surface area contributed by atoms with Crippen LogP contribution in [0.15, 0.2) is 6.07 Å². The van der Waals surface area contributed by atoms with Crippen LogP contribution in [0.3, 0.4) is 0 Å². The van der Waals surface area contributed by atoms with Crippen molar-refractivity contribution >= 4 is 11.6 Å². The summed E-state index contributed by atoms with van der Waals surface area (Å²) in [5.41, 5.74) is 0. The molecule has 114 valence electrons. The molecule has 0 atom stereocenters. The van der Waals surface area contributed by atoms with Gasteiger partial charge in [-0.3, -0.25) is 0 Å². The summed E-state index contributed by atoms with van der Waals surface area (Å²) in [7, 11) is 4.21. The van der Waals surface area contributed by atoms with Gasteiger partial charge in [-0.15, -0.1) is 0 Å². The van der Waals surface area contributed by atoms with Crippen molar-refractivity contribution in [3.05, 3.63) is 11.9 Å². The largest absolute Gasteiger partial charge is 0.370 e. The van der Waals surface area contributed by atoms with Gasteiger partial charge in [0.2, 0.25) is 0 Å². The molecule has 0 bridgehead atoms. The normalized spacial score (nSPS) is 10.9. The molecule has 5 nitrogen and oxygen atoms in total. The zero-order valence-corrected chi connectivity index (χ0v) is 13.6. The van der Waals surface area contributed by atoms with Crippen LogP contribution in [-0.2, 0) is 6.42 Å². The Kier molecular flexibility index (Phi) is 7.30. The van der Waals surface area contributed by atoms with E-state index in [2.05, 4.69) is 66.0 Å². The maximum atomic E-state index is 4.69. The minimum atomic E-state index is 0.861. The first-order valence-electron chi connectivity index (χ1n) is 7.62. The van der Waals surface area contributed by atoms with Crippen molar-refractivity contribution < 1.29 is 0 Å². The monoisotopic (exact) mass is 279 g/mol. The molecule has 0 spiro atoms. The lowest BCUT2D eigenvalue weighted by molar-refractivity contribution is 0.412. The highest BCUT2D eigenvalue weighted by Gasteiger charge is 2.11.